The molecular weight excluding hydrogens is 294 g/mol. The van der Waals surface area contributed by atoms with Gasteiger partial charge in [-0.3, -0.25) is 0 Å². The summed E-state index contributed by atoms with van der Waals surface area (Å²) in [6.45, 7) is 2.28. The lowest BCUT2D eigenvalue weighted by molar-refractivity contribution is 0.414. The molecule has 2 N–H and O–H groups in total. The maximum Gasteiger partial charge on any atom is 0.119 e. The Hall–Kier alpha value is -1.18. The van der Waals surface area contributed by atoms with Crippen molar-refractivity contribution in [3.05, 3.63) is 23.8 Å². The molecule has 1 aromatic carbocycles. The second kappa shape index (κ2) is 14.2. The highest BCUT2D eigenvalue weighted by Gasteiger charge is 2.01. The predicted octanol–water partition coefficient (Wildman–Crippen LogP) is 6.91. The van der Waals surface area contributed by atoms with E-state index in [1.54, 1.807) is 7.11 Å². The van der Waals surface area contributed by atoms with Gasteiger partial charge in [-0.1, -0.05) is 84.0 Å². The molecule has 1 aromatic rings. The molecule has 0 aliphatic carbocycles. The third kappa shape index (κ3) is 9.85. The second-order valence-corrected chi connectivity index (χ2v) is 7.06. The zero-order valence-electron chi connectivity index (χ0n) is 16.1. The number of hydrogen-bond acceptors (Lipinski definition) is 2. The van der Waals surface area contributed by atoms with Crippen LogP contribution in [0.2, 0.25) is 0 Å². The SMILES string of the molecule is CCCCCCCCCCCCCCCc1cc(OC)ccc1N. The van der Waals surface area contributed by atoms with Gasteiger partial charge < -0.3 is 10.5 Å². The fraction of sp³-hybridized carbons (Fsp3) is 0.727. The monoisotopic (exact) mass is 333 g/mol. The Morgan fingerprint density at radius 1 is 0.750 bits per heavy atom. The van der Waals surface area contributed by atoms with E-state index in [1.165, 1.54) is 89.0 Å². The lowest BCUT2D eigenvalue weighted by Crippen LogP contribution is -1.96. The van der Waals surface area contributed by atoms with Crippen LogP contribution in [-0.4, -0.2) is 7.11 Å². The second-order valence-electron chi connectivity index (χ2n) is 7.06. The molecule has 0 saturated heterocycles. The van der Waals surface area contributed by atoms with E-state index in [9.17, 15) is 0 Å². The molecule has 0 saturated carbocycles. The topological polar surface area (TPSA) is 35.2 Å². The van der Waals surface area contributed by atoms with Crippen LogP contribution in [0.4, 0.5) is 5.69 Å². The molecule has 0 radical (unpaired) electrons. The van der Waals surface area contributed by atoms with Gasteiger partial charge in [-0.2, -0.15) is 0 Å². The third-order valence-corrected chi connectivity index (χ3v) is 4.90. The highest BCUT2D eigenvalue weighted by atomic mass is 16.5. The molecular formula is C22H39NO. The van der Waals surface area contributed by atoms with Crippen LogP contribution in [0.15, 0.2) is 18.2 Å². The minimum Gasteiger partial charge on any atom is -0.497 e. The molecule has 0 bridgehead atoms. The fourth-order valence-electron chi connectivity index (χ4n) is 3.26. The highest BCUT2D eigenvalue weighted by Crippen LogP contribution is 2.22. The molecule has 0 spiro atoms. The summed E-state index contributed by atoms with van der Waals surface area (Å²) in [5.41, 5.74) is 8.17. The number of benzene rings is 1. The van der Waals surface area contributed by atoms with Crippen LogP contribution in [0, 0.1) is 0 Å². The predicted molar refractivity (Wildman–Crippen MR) is 107 cm³/mol. The Balaban J connectivity index is 1.92. The number of rotatable bonds is 15. The van der Waals surface area contributed by atoms with E-state index in [1.807, 2.05) is 12.1 Å². The van der Waals surface area contributed by atoms with Gasteiger partial charge in [-0.25, -0.2) is 0 Å². The van der Waals surface area contributed by atoms with Gasteiger partial charge in [0, 0.05) is 5.69 Å². The van der Waals surface area contributed by atoms with E-state index in [-0.39, 0.29) is 0 Å². The van der Waals surface area contributed by atoms with Gasteiger partial charge in [0.2, 0.25) is 0 Å². The van der Waals surface area contributed by atoms with Crippen LogP contribution in [0.25, 0.3) is 0 Å². The lowest BCUT2D eigenvalue weighted by atomic mass is 10.0. The minimum atomic E-state index is 0.898. The van der Waals surface area contributed by atoms with Crippen molar-refractivity contribution in [3.63, 3.8) is 0 Å². The lowest BCUT2D eigenvalue weighted by Gasteiger charge is -2.08. The number of unbranched alkanes of at least 4 members (excludes halogenated alkanes) is 12. The first-order chi connectivity index (χ1) is 11.8. The van der Waals surface area contributed by atoms with Gasteiger partial charge in [-0.15, -0.1) is 0 Å². The van der Waals surface area contributed by atoms with E-state index in [0.717, 1.165) is 17.9 Å². The van der Waals surface area contributed by atoms with E-state index in [0.29, 0.717) is 0 Å². The first kappa shape index (κ1) is 20.9. The Labute approximate surface area is 150 Å². The first-order valence-electron chi connectivity index (χ1n) is 10.2. The number of hydrogen-bond donors (Lipinski definition) is 1. The zero-order valence-corrected chi connectivity index (χ0v) is 16.1. The molecule has 2 nitrogen and oxygen atoms in total. The summed E-state index contributed by atoms with van der Waals surface area (Å²) in [7, 11) is 1.71. The summed E-state index contributed by atoms with van der Waals surface area (Å²) < 4.78 is 5.27. The molecule has 0 aliphatic rings. The summed E-state index contributed by atoms with van der Waals surface area (Å²) in [4.78, 5) is 0. The van der Waals surface area contributed by atoms with Crippen molar-refractivity contribution in [2.75, 3.05) is 12.8 Å². The maximum atomic E-state index is 6.04. The van der Waals surface area contributed by atoms with Crippen molar-refractivity contribution in [3.8, 4) is 5.75 Å². The Morgan fingerprint density at radius 2 is 1.25 bits per heavy atom. The molecule has 0 heterocycles. The Bertz CT molecular complexity index is 416. The molecule has 0 atom stereocenters. The van der Waals surface area contributed by atoms with Gasteiger partial charge >= 0.3 is 0 Å². The minimum absolute atomic E-state index is 0.898. The average molecular weight is 334 g/mol. The van der Waals surface area contributed by atoms with Gasteiger partial charge in [-0.05, 0) is 36.6 Å². The van der Waals surface area contributed by atoms with Crippen molar-refractivity contribution in [1.82, 2.24) is 0 Å². The van der Waals surface area contributed by atoms with Crippen molar-refractivity contribution < 1.29 is 4.74 Å². The van der Waals surface area contributed by atoms with Crippen LogP contribution in [-0.2, 0) is 6.42 Å². The quantitative estimate of drug-likeness (QED) is 0.279. The first-order valence-corrected chi connectivity index (χ1v) is 10.2. The number of aryl methyl sites for hydroxylation is 1. The molecule has 0 unspecified atom stereocenters. The molecule has 138 valence electrons. The van der Waals surface area contributed by atoms with Crippen molar-refractivity contribution in [2.24, 2.45) is 0 Å². The number of anilines is 1. The number of methoxy groups -OCH3 is 1. The van der Waals surface area contributed by atoms with Crippen molar-refractivity contribution >= 4 is 5.69 Å². The molecule has 0 aromatic heterocycles. The smallest absolute Gasteiger partial charge is 0.119 e. The van der Waals surface area contributed by atoms with Crippen molar-refractivity contribution in [2.45, 2.75) is 96.8 Å². The molecule has 1 rings (SSSR count). The summed E-state index contributed by atoms with van der Waals surface area (Å²) in [6.07, 6.45) is 19.2. The van der Waals surface area contributed by atoms with Gasteiger partial charge in [0.05, 0.1) is 7.11 Å². The van der Waals surface area contributed by atoms with Gasteiger partial charge in [0.15, 0.2) is 0 Å². The molecule has 2 heteroatoms. The van der Waals surface area contributed by atoms with Crippen LogP contribution in [0.5, 0.6) is 5.75 Å². The fourth-order valence-corrected chi connectivity index (χ4v) is 3.26. The average Bonchev–Trinajstić information content (AvgIpc) is 2.60. The van der Waals surface area contributed by atoms with E-state index in [4.69, 9.17) is 10.5 Å². The third-order valence-electron chi connectivity index (χ3n) is 4.90. The molecule has 0 aliphatic heterocycles. The van der Waals surface area contributed by atoms with Crippen LogP contribution < -0.4 is 10.5 Å². The number of ether oxygens (including phenoxy) is 1. The van der Waals surface area contributed by atoms with Crippen LogP contribution >= 0.6 is 0 Å². The molecule has 0 amide bonds. The number of nitrogens with two attached hydrogens (primary N) is 1. The Morgan fingerprint density at radius 3 is 1.75 bits per heavy atom. The van der Waals surface area contributed by atoms with Gasteiger partial charge in [0.25, 0.3) is 0 Å². The van der Waals surface area contributed by atoms with E-state index in [2.05, 4.69) is 13.0 Å². The van der Waals surface area contributed by atoms with Crippen molar-refractivity contribution in [1.29, 1.82) is 0 Å². The summed E-state index contributed by atoms with van der Waals surface area (Å²) in [5, 5.41) is 0. The summed E-state index contributed by atoms with van der Waals surface area (Å²) in [6, 6.07) is 5.97. The largest absolute Gasteiger partial charge is 0.497 e. The summed E-state index contributed by atoms with van der Waals surface area (Å²) in [5.74, 6) is 0.911. The number of nitrogen functional groups attached to an aromatic ring is 1. The van der Waals surface area contributed by atoms with E-state index < -0.39 is 0 Å². The van der Waals surface area contributed by atoms with Crippen LogP contribution in [0.1, 0.15) is 96.0 Å². The highest BCUT2D eigenvalue weighted by molar-refractivity contribution is 5.50. The molecule has 24 heavy (non-hydrogen) atoms. The zero-order chi connectivity index (χ0) is 17.5. The summed E-state index contributed by atoms with van der Waals surface area (Å²) >= 11 is 0. The van der Waals surface area contributed by atoms with Crippen LogP contribution in [0.3, 0.4) is 0 Å². The normalized spacial score (nSPS) is 10.9. The Kier molecular flexibility index (Phi) is 12.3. The molecule has 0 fully saturated rings. The standard InChI is InChI=1S/C22H39NO/c1-3-4-5-6-7-8-9-10-11-12-13-14-15-16-20-19-21(24-2)17-18-22(20)23/h17-19H,3-16,23H2,1-2H3. The maximum absolute atomic E-state index is 6.04. The van der Waals surface area contributed by atoms with Gasteiger partial charge in [0.1, 0.15) is 5.75 Å². The van der Waals surface area contributed by atoms with E-state index >= 15 is 0 Å².